The molecule has 0 radical (unpaired) electrons. The first-order chi connectivity index (χ1) is 6.15. The normalized spacial score (nSPS) is 9.77. The number of carbonyl (C=O) groups is 1. The summed E-state index contributed by atoms with van der Waals surface area (Å²) in [5, 5.41) is 3.17. The molecule has 0 saturated heterocycles. The van der Waals surface area contributed by atoms with Gasteiger partial charge in [0, 0.05) is 12.7 Å². The third-order valence-electron chi connectivity index (χ3n) is 1.64. The summed E-state index contributed by atoms with van der Waals surface area (Å²) < 4.78 is 0. The maximum atomic E-state index is 11.4. The molecule has 0 fully saturated rings. The van der Waals surface area contributed by atoms with E-state index < -0.39 is 0 Å². The first kappa shape index (κ1) is 9.99. The second-order valence-corrected chi connectivity index (χ2v) is 3.08. The Hall–Kier alpha value is -1.09. The number of halogens is 1. The molecule has 0 aromatic carbocycles. The summed E-state index contributed by atoms with van der Waals surface area (Å²) in [5.74, 6) is -0.130. The molecule has 0 bridgehead atoms. The van der Waals surface area contributed by atoms with Crippen LogP contribution in [0, 0.1) is 6.92 Å². The van der Waals surface area contributed by atoms with Crippen LogP contribution in [0.1, 0.15) is 23.0 Å². The molecule has 4 heteroatoms. The number of hydrogen-bond donors (Lipinski definition) is 1. The van der Waals surface area contributed by atoms with Crippen molar-refractivity contribution >= 4 is 17.5 Å². The van der Waals surface area contributed by atoms with Crippen LogP contribution in [0.5, 0.6) is 0 Å². The maximum absolute atomic E-state index is 11.4. The molecule has 1 aromatic rings. The summed E-state index contributed by atoms with van der Waals surface area (Å²) >= 11 is 5.72. The standard InChI is InChI=1S/C9H11ClN2O/c1-3-11-9(13)8-4-7(10)5-12-6(8)2/h4-5H,3H2,1-2H3,(H,11,13). The molecular weight excluding hydrogens is 188 g/mol. The molecule has 0 spiro atoms. The Morgan fingerprint density at radius 1 is 1.69 bits per heavy atom. The number of aryl methyl sites for hydroxylation is 1. The minimum atomic E-state index is -0.130. The van der Waals surface area contributed by atoms with Crippen molar-refractivity contribution in [1.29, 1.82) is 0 Å². The quantitative estimate of drug-likeness (QED) is 0.788. The van der Waals surface area contributed by atoms with E-state index in [0.29, 0.717) is 22.8 Å². The number of hydrogen-bond acceptors (Lipinski definition) is 2. The predicted molar refractivity (Wildman–Crippen MR) is 52.0 cm³/mol. The summed E-state index contributed by atoms with van der Waals surface area (Å²) in [7, 11) is 0. The van der Waals surface area contributed by atoms with Crippen molar-refractivity contribution in [3.05, 3.63) is 28.5 Å². The van der Waals surface area contributed by atoms with E-state index in [2.05, 4.69) is 10.3 Å². The fraction of sp³-hybridized carbons (Fsp3) is 0.333. The van der Waals surface area contributed by atoms with Crippen molar-refractivity contribution in [2.24, 2.45) is 0 Å². The lowest BCUT2D eigenvalue weighted by Gasteiger charge is -2.04. The lowest BCUT2D eigenvalue weighted by Crippen LogP contribution is -2.23. The van der Waals surface area contributed by atoms with E-state index in [9.17, 15) is 4.79 Å². The number of aromatic nitrogens is 1. The third kappa shape index (κ3) is 2.42. The zero-order chi connectivity index (χ0) is 9.84. The molecule has 0 aliphatic heterocycles. The molecule has 0 atom stereocenters. The lowest BCUT2D eigenvalue weighted by atomic mass is 10.2. The van der Waals surface area contributed by atoms with Gasteiger partial charge in [0.15, 0.2) is 0 Å². The molecule has 1 rings (SSSR count). The summed E-state index contributed by atoms with van der Waals surface area (Å²) in [4.78, 5) is 15.4. The van der Waals surface area contributed by atoms with Crippen LogP contribution in [0.15, 0.2) is 12.3 Å². The summed E-state index contributed by atoms with van der Waals surface area (Å²) in [6, 6.07) is 1.62. The topological polar surface area (TPSA) is 42.0 Å². The number of pyridine rings is 1. The van der Waals surface area contributed by atoms with Crippen molar-refractivity contribution in [2.45, 2.75) is 13.8 Å². The zero-order valence-electron chi connectivity index (χ0n) is 7.60. The highest BCUT2D eigenvalue weighted by Gasteiger charge is 2.08. The Morgan fingerprint density at radius 2 is 2.38 bits per heavy atom. The van der Waals surface area contributed by atoms with E-state index in [1.807, 2.05) is 6.92 Å². The van der Waals surface area contributed by atoms with Crippen LogP contribution in [0.4, 0.5) is 0 Å². The van der Waals surface area contributed by atoms with E-state index >= 15 is 0 Å². The molecule has 70 valence electrons. The van der Waals surface area contributed by atoms with Crippen LogP contribution >= 0.6 is 11.6 Å². The minimum Gasteiger partial charge on any atom is -0.352 e. The maximum Gasteiger partial charge on any atom is 0.253 e. The molecule has 13 heavy (non-hydrogen) atoms. The van der Waals surface area contributed by atoms with Gasteiger partial charge < -0.3 is 5.32 Å². The molecule has 1 heterocycles. The van der Waals surface area contributed by atoms with Gasteiger partial charge in [-0.15, -0.1) is 0 Å². The number of nitrogens with one attached hydrogen (secondary N) is 1. The lowest BCUT2D eigenvalue weighted by molar-refractivity contribution is 0.0955. The zero-order valence-corrected chi connectivity index (χ0v) is 8.35. The molecule has 0 aliphatic carbocycles. The van der Waals surface area contributed by atoms with Crippen molar-refractivity contribution < 1.29 is 4.79 Å². The van der Waals surface area contributed by atoms with Gasteiger partial charge in [0.25, 0.3) is 5.91 Å². The minimum absolute atomic E-state index is 0.130. The number of rotatable bonds is 2. The highest BCUT2D eigenvalue weighted by molar-refractivity contribution is 6.30. The Kier molecular flexibility index (Phi) is 3.25. The van der Waals surface area contributed by atoms with E-state index in [4.69, 9.17) is 11.6 Å². The molecule has 0 aliphatic rings. The molecule has 0 unspecified atom stereocenters. The molecular formula is C9H11ClN2O. The van der Waals surface area contributed by atoms with Crippen LogP contribution < -0.4 is 5.32 Å². The molecule has 1 N–H and O–H groups in total. The van der Waals surface area contributed by atoms with Crippen molar-refractivity contribution in [3.8, 4) is 0 Å². The van der Waals surface area contributed by atoms with Crippen LogP contribution in [-0.2, 0) is 0 Å². The summed E-state index contributed by atoms with van der Waals surface area (Å²) in [6.07, 6.45) is 1.53. The van der Waals surface area contributed by atoms with Gasteiger partial charge in [-0.2, -0.15) is 0 Å². The van der Waals surface area contributed by atoms with Crippen LogP contribution in [0.3, 0.4) is 0 Å². The Labute approximate surface area is 82.1 Å². The van der Waals surface area contributed by atoms with Gasteiger partial charge in [0.2, 0.25) is 0 Å². The van der Waals surface area contributed by atoms with Crippen molar-refractivity contribution in [2.75, 3.05) is 6.54 Å². The average Bonchev–Trinajstić information content (AvgIpc) is 2.09. The van der Waals surface area contributed by atoms with Gasteiger partial charge in [-0.3, -0.25) is 9.78 Å². The van der Waals surface area contributed by atoms with E-state index in [-0.39, 0.29) is 5.91 Å². The fourth-order valence-corrected chi connectivity index (χ4v) is 1.15. The van der Waals surface area contributed by atoms with Gasteiger partial charge in [-0.1, -0.05) is 11.6 Å². The Balaban J connectivity index is 2.99. The third-order valence-corrected chi connectivity index (χ3v) is 1.84. The molecule has 1 aromatic heterocycles. The average molecular weight is 199 g/mol. The second-order valence-electron chi connectivity index (χ2n) is 2.65. The van der Waals surface area contributed by atoms with E-state index in [1.165, 1.54) is 6.20 Å². The smallest absolute Gasteiger partial charge is 0.253 e. The first-order valence-electron chi connectivity index (χ1n) is 4.05. The number of nitrogens with zero attached hydrogens (tertiary/aromatic N) is 1. The molecule has 3 nitrogen and oxygen atoms in total. The van der Waals surface area contributed by atoms with E-state index in [0.717, 1.165) is 0 Å². The highest BCUT2D eigenvalue weighted by atomic mass is 35.5. The summed E-state index contributed by atoms with van der Waals surface area (Å²) in [6.45, 7) is 4.25. The van der Waals surface area contributed by atoms with Crippen LogP contribution in [0.25, 0.3) is 0 Å². The summed E-state index contributed by atoms with van der Waals surface area (Å²) in [5.41, 5.74) is 1.23. The van der Waals surface area contributed by atoms with Gasteiger partial charge >= 0.3 is 0 Å². The largest absolute Gasteiger partial charge is 0.352 e. The number of amides is 1. The Morgan fingerprint density at radius 3 is 3.00 bits per heavy atom. The Bertz CT molecular complexity index is 325. The van der Waals surface area contributed by atoms with Crippen molar-refractivity contribution in [3.63, 3.8) is 0 Å². The predicted octanol–water partition coefficient (Wildman–Crippen LogP) is 1.79. The second kappa shape index (κ2) is 4.23. The molecule has 0 saturated carbocycles. The van der Waals surface area contributed by atoms with Gasteiger partial charge in [0.1, 0.15) is 0 Å². The fourth-order valence-electron chi connectivity index (χ4n) is 0.993. The monoisotopic (exact) mass is 198 g/mol. The SMILES string of the molecule is CCNC(=O)c1cc(Cl)cnc1C. The van der Waals surface area contributed by atoms with Crippen LogP contribution in [-0.4, -0.2) is 17.4 Å². The van der Waals surface area contributed by atoms with Gasteiger partial charge in [-0.25, -0.2) is 0 Å². The molecule has 1 amide bonds. The van der Waals surface area contributed by atoms with E-state index in [1.54, 1.807) is 13.0 Å². The van der Waals surface area contributed by atoms with Gasteiger partial charge in [-0.05, 0) is 19.9 Å². The first-order valence-corrected chi connectivity index (χ1v) is 4.43. The van der Waals surface area contributed by atoms with Crippen molar-refractivity contribution in [1.82, 2.24) is 10.3 Å². The number of carbonyl (C=O) groups excluding carboxylic acids is 1. The van der Waals surface area contributed by atoms with Crippen LogP contribution in [0.2, 0.25) is 5.02 Å². The highest BCUT2D eigenvalue weighted by Crippen LogP contribution is 2.12. The van der Waals surface area contributed by atoms with Gasteiger partial charge in [0.05, 0.1) is 16.3 Å².